The van der Waals surface area contributed by atoms with Crippen LogP contribution in [0, 0.1) is 51.8 Å². The first kappa shape index (κ1) is 40.8. The molecular weight excluding hydrogens is 687 g/mol. The fourth-order valence-electron chi connectivity index (χ4n) is 10.9. The van der Waals surface area contributed by atoms with Crippen LogP contribution in [-0.2, 0) is 33.8 Å². The van der Waals surface area contributed by atoms with E-state index >= 15 is 4.79 Å². The number of carbonyl (C=O) groups is 5. The summed E-state index contributed by atoms with van der Waals surface area (Å²) < 4.78 is 26.2. The first-order valence-corrected chi connectivity index (χ1v) is 23.1. The fraction of sp³-hybridized carbons (Fsp3) is 0.886. The first-order valence-electron chi connectivity index (χ1n) is 21.4. The summed E-state index contributed by atoms with van der Waals surface area (Å²) in [6.07, 6.45) is 15.2. The molecule has 5 saturated carbocycles. The first-order chi connectivity index (χ1) is 24.8. The number of rotatable bonds is 18. The molecule has 1 saturated heterocycles. The molecule has 0 aromatic heterocycles. The van der Waals surface area contributed by atoms with Crippen LogP contribution in [0.5, 0.6) is 0 Å². The normalized spacial score (nSPS) is 28.8. The minimum Gasteiger partial charge on any atom is -0.332 e. The van der Waals surface area contributed by atoms with E-state index in [0.717, 1.165) is 83.5 Å². The maximum atomic E-state index is 15.1. The van der Waals surface area contributed by atoms with Crippen LogP contribution < -0.4 is 0 Å². The number of sulfone groups is 1. The van der Waals surface area contributed by atoms with Gasteiger partial charge < -0.3 is 4.90 Å². The molecule has 8 nitrogen and oxygen atoms in total. The zero-order valence-corrected chi connectivity index (χ0v) is 34.6. The molecule has 5 aliphatic carbocycles. The van der Waals surface area contributed by atoms with Crippen molar-refractivity contribution >= 4 is 38.9 Å². The summed E-state index contributed by atoms with van der Waals surface area (Å²) in [6.45, 7) is 12.2. The van der Waals surface area contributed by atoms with E-state index in [1.54, 1.807) is 25.7 Å². The second-order valence-electron chi connectivity index (χ2n) is 20.8. The van der Waals surface area contributed by atoms with E-state index in [2.05, 4.69) is 20.8 Å². The van der Waals surface area contributed by atoms with E-state index in [1.807, 2.05) is 0 Å². The van der Waals surface area contributed by atoms with Crippen molar-refractivity contribution in [1.82, 2.24) is 4.90 Å². The number of Topliss-reactive ketones (excluding diaryl/α,β-unsaturated/α-hetero) is 4. The van der Waals surface area contributed by atoms with E-state index in [9.17, 15) is 27.6 Å². The van der Waals surface area contributed by atoms with Crippen LogP contribution in [0.3, 0.4) is 0 Å². The lowest BCUT2D eigenvalue weighted by Gasteiger charge is -2.44. The zero-order chi connectivity index (χ0) is 38.6. The minimum atomic E-state index is -3.46. The molecular formula is C44H69NO7S. The van der Waals surface area contributed by atoms with E-state index in [-0.39, 0.29) is 71.9 Å². The van der Waals surface area contributed by atoms with Gasteiger partial charge in [0.25, 0.3) is 0 Å². The zero-order valence-electron chi connectivity index (χ0n) is 33.8. The number of likely N-dealkylation sites (tertiary alicyclic amines) is 1. The van der Waals surface area contributed by atoms with Gasteiger partial charge in [-0.1, -0.05) is 72.1 Å². The van der Waals surface area contributed by atoms with Gasteiger partial charge in [-0.3, -0.25) is 24.0 Å². The van der Waals surface area contributed by atoms with Crippen molar-refractivity contribution in [2.45, 2.75) is 181 Å². The summed E-state index contributed by atoms with van der Waals surface area (Å²) >= 11 is 0. The standard InChI is InChI=1S/C44H69NO7S/c1-41(2,3)53(51,52)28-44(21-11-8-12-22-44)26-32(46)25-33(43(6)19-9-7-10-20-43)40(50)45-27-34-37(42(34,4)5)38(45)35(47)24-31(18-17-29-13-14-29)39(49)36(48)23-30-15-16-30/h29-31,33-34,37-38H,7-28H2,1-6H3/t31-,33-,34+,37+,38-/m1/s1. The summed E-state index contributed by atoms with van der Waals surface area (Å²) in [6, 6.07) is -0.649. The second-order valence-corrected chi connectivity index (χ2v) is 23.6. The molecule has 0 radical (unpaired) electrons. The number of hydrogen-bond donors (Lipinski definition) is 0. The smallest absolute Gasteiger partial charge is 0.227 e. The van der Waals surface area contributed by atoms with Gasteiger partial charge >= 0.3 is 0 Å². The highest BCUT2D eigenvalue weighted by atomic mass is 32.2. The molecule has 53 heavy (non-hydrogen) atoms. The van der Waals surface area contributed by atoms with Gasteiger partial charge in [0.1, 0.15) is 5.78 Å². The minimum absolute atomic E-state index is 0.00133. The van der Waals surface area contributed by atoms with Crippen LogP contribution in [0.15, 0.2) is 0 Å². The number of amides is 1. The topological polar surface area (TPSA) is 123 Å². The Labute approximate surface area is 320 Å². The number of fused-ring (bicyclic) bond motifs is 1. The molecule has 9 heteroatoms. The van der Waals surface area contributed by atoms with Crippen molar-refractivity contribution < 1.29 is 32.4 Å². The molecule has 6 fully saturated rings. The predicted octanol–water partition coefficient (Wildman–Crippen LogP) is 8.27. The highest BCUT2D eigenvalue weighted by molar-refractivity contribution is 7.92. The molecule has 6 aliphatic rings. The molecule has 1 aliphatic heterocycles. The van der Waals surface area contributed by atoms with Crippen LogP contribution in [0.25, 0.3) is 0 Å². The largest absolute Gasteiger partial charge is 0.332 e. The third-order valence-electron chi connectivity index (χ3n) is 15.2. The summed E-state index contributed by atoms with van der Waals surface area (Å²) in [5.74, 6) is -1.13. The molecule has 0 spiro atoms. The Morgan fingerprint density at radius 1 is 0.792 bits per heavy atom. The van der Waals surface area contributed by atoms with Gasteiger partial charge in [-0.25, -0.2) is 8.42 Å². The molecule has 298 valence electrons. The summed E-state index contributed by atoms with van der Waals surface area (Å²) in [4.78, 5) is 72.4. The van der Waals surface area contributed by atoms with Gasteiger partial charge in [0, 0.05) is 38.1 Å². The average molecular weight is 756 g/mol. The Kier molecular flexibility index (Phi) is 11.7. The quantitative estimate of drug-likeness (QED) is 0.129. The molecule has 1 amide bonds. The lowest BCUT2D eigenvalue weighted by atomic mass is 9.64. The van der Waals surface area contributed by atoms with Crippen molar-refractivity contribution in [3.05, 3.63) is 0 Å². The van der Waals surface area contributed by atoms with Gasteiger partial charge in [-0.05, 0) is 112 Å². The van der Waals surface area contributed by atoms with Crippen LogP contribution in [0.2, 0.25) is 0 Å². The maximum Gasteiger partial charge on any atom is 0.227 e. The lowest BCUT2D eigenvalue weighted by molar-refractivity contribution is -0.150. The van der Waals surface area contributed by atoms with Gasteiger partial charge in [0.15, 0.2) is 21.4 Å². The van der Waals surface area contributed by atoms with Crippen molar-refractivity contribution in [3.8, 4) is 0 Å². The van der Waals surface area contributed by atoms with Crippen LogP contribution in [0.4, 0.5) is 0 Å². The van der Waals surface area contributed by atoms with Crippen LogP contribution in [-0.4, -0.2) is 65.4 Å². The fourth-order valence-corrected chi connectivity index (χ4v) is 12.5. The average Bonchev–Trinajstić information content (AvgIpc) is 4.04. The predicted molar refractivity (Wildman–Crippen MR) is 207 cm³/mol. The Morgan fingerprint density at radius 2 is 1.38 bits per heavy atom. The van der Waals surface area contributed by atoms with Crippen LogP contribution in [0.1, 0.15) is 170 Å². The van der Waals surface area contributed by atoms with Crippen LogP contribution >= 0.6 is 0 Å². The number of nitrogens with zero attached hydrogens (tertiary/aromatic N) is 1. The molecule has 0 unspecified atom stereocenters. The molecule has 6 rings (SSSR count). The number of carbonyl (C=O) groups excluding carboxylic acids is 5. The molecule has 0 N–H and O–H groups in total. The Bertz CT molecular complexity index is 1530. The number of hydrogen-bond acceptors (Lipinski definition) is 7. The lowest BCUT2D eigenvalue weighted by Crippen LogP contribution is -2.52. The third-order valence-corrected chi connectivity index (χ3v) is 18.0. The summed E-state index contributed by atoms with van der Waals surface area (Å²) in [5, 5.41) is 0. The molecule has 0 aromatic rings. The highest BCUT2D eigenvalue weighted by Crippen LogP contribution is 2.65. The van der Waals surface area contributed by atoms with E-state index in [0.29, 0.717) is 37.6 Å². The third kappa shape index (κ3) is 9.06. The summed E-state index contributed by atoms with van der Waals surface area (Å²) in [5.41, 5.74) is -1.10. The van der Waals surface area contributed by atoms with Gasteiger partial charge in [0.2, 0.25) is 11.7 Å². The van der Waals surface area contributed by atoms with Crippen molar-refractivity contribution in [2.24, 2.45) is 51.8 Å². The van der Waals surface area contributed by atoms with E-state index in [1.165, 1.54) is 0 Å². The number of piperidine rings is 1. The van der Waals surface area contributed by atoms with Crippen molar-refractivity contribution in [1.29, 1.82) is 0 Å². The van der Waals surface area contributed by atoms with Gasteiger partial charge in [-0.2, -0.15) is 0 Å². The van der Waals surface area contributed by atoms with Gasteiger partial charge in [0.05, 0.1) is 22.5 Å². The SMILES string of the molecule is CC1([C@H](CC(=O)CC2(CS(=O)(=O)C(C)(C)C)CCCCC2)C(=O)N2C[C@H]3[C@@H]([C@H]2C(=O)C[C@@H](CCC2CC2)C(=O)C(=O)CC2CC2)C3(C)C)CCCCC1. The van der Waals surface area contributed by atoms with Crippen molar-refractivity contribution in [2.75, 3.05) is 12.3 Å². The summed E-state index contributed by atoms with van der Waals surface area (Å²) in [7, 11) is -3.46. The number of ketones is 4. The highest BCUT2D eigenvalue weighted by Gasteiger charge is 2.69. The molecule has 5 atom stereocenters. The van der Waals surface area contributed by atoms with E-state index < -0.39 is 49.1 Å². The maximum absolute atomic E-state index is 15.1. The Hall–Kier alpha value is -1.90. The molecule has 0 aromatic carbocycles. The Balaban J connectivity index is 1.23. The second kappa shape index (κ2) is 15.2. The Morgan fingerprint density at radius 3 is 1.94 bits per heavy atom. The molecule has 1 heterocycles. The molecule has 0 bridgehead atoms. The van der Waals surface area contributed by atoms with Crippen molar-refractivity contribution in [3.63, 3.8) is 0 Å². The monoisotopic (exact) mass is 755 g/mol. The van der Waals surface area contributed by atoms with Gasteiger partial charge in [-0.15, -0.1) is 0 Å². The van der Waals surface area contributed by atoms with E-state index in [4.69, 9.17) is 0 Å².